The molecule has 3 rings (SSSR count). The van der Waals surface area contributed by atoms with Gasteiger partial charge >= 0.3 is 6.03 Å². The summed E-state index contributed by atoms with van der Waals surface area (Å²) in [7, 11) is 0. The second-order valence-corrected chi connectivity index (χ2v) is 8.14. The number of hydrogen-bond donors (Lipinski definition) is 2. The smallest absolute Gasteiger partial charge is 0.321 e. The third-order valence-electron chi connectivity index (χ3n) is 5.34. The lowest BCUT2D eigenvalue weighted by Gasteiger charge is -2.46. The van der Waals surface area contributed by atoms with Crippen LogP contribution in [0.25, 0.3) is 0 Å². The number of para-hydroxylation sites is 1. The molecule has 1 saturated heterocycles. The van der Waals surface area contributed by atoms with E-state index in [1.807, 2.05) is 69.3 Å². The van der Waals surface area contributed by atoms with Crippen LogP contribution < -0.4 is 10.1 Å². The van der Waals surface area contributed by atoms with Crippen LogP contribution in [0.15, 0.2) is 54.6 Å². The summed E-state index contributed by atoms with van der Waals surface area (Å²) >= 11 is 0. The van der Waals surface area contributed by atoms with E-state index >= 15 is 0 Å². The van der Waals surface area contributed by atoms with E-state index in [4.69, 9.17) is 4.74 Å². The molecule has 27 heavy (non-hydrogen) atoms. The molecule has 0 saturated carbocycles. The Kier molecular flexibility index (Phi) is 5.42. The van der Waals surface area contributed by atoms with Crippen molar-refractivity contribution in [2.45, 2.75) is 39.2 Å². The summed E-state index contributed by atoms with van der Waals surface area (Å²) < 4.78 is 5.81. The van der Waals surface area contributed by atoms with Gasteiger partial charge in [-0.1, -0.05) is 45.0 Å². The molecule has 1 heterocycles. The van der Waals surface area contributed by atoms with Gasteiger partial charge in [0.2, 0.25) is 0 Å². The van der Waals surface area contributed by atoms with Gasteiger partial charge in [-0.05, 0) is 42.5 Å². The first-order valence-electron chi connectivity index (χ1n) is 9.38. The van der Waals surface area contributed by atoms with Crippen LogP contribution >= 0.6 is 0 Å². The average molecular weight is 368 g/mol. The van der Waals surface area contributed by atoms with Gasteiger partial charge in [-0.25, -0.2) is 4.79 Å². The average Bonchev–Trinajstić information content (AvgIpc) is 2.62. The molecule has 0 radical (unpaired) electrons. The maximum atomic E-state index is 12.6. The van der Waals surface area contributed by atoms with Crippen molar-refractivity contribution in [3.8, 4) is 11.5 Å². The number of likely N-dealkylation sites (tertiary alicyclic amines) is 1. The van der Waals surface area contributed by atoms with E-state index in [0.717, 1.165) is 5.75 Å². The quantitative estimate of drug-likeness (QED) is 0.811. The molecule has 1 aliphatic heterocycles. The summed E-state index contributed by atoms with van der Waals surface area (Å²) in [6.07, 6.45) is 1.17. The number of rotatable bonds is 3. The zero-order chi connectivity index (χ0) is 19.5. The van der Waals surface area contributed by atoms with Gasteiger partial charge < -0.3 is 20.1 Å². The van der Waals surface area contributed by atoms with Crippen molar-refractivity contribution >= 4 is 11.7 Å². The van der Waals surface area contributed by atoms with Crippen molar-refractivity contribution in [3.63, 3.8) is 0 Å². The van der Waals surface area contributed by atoms with Crippen LogP contribution in [0.2, 0.25) is 0 Å². The molecule has 5 nitrogen and oxygen atoms in total. The number of carbonyl (C=O) groups is 1. The predicted molar refractivity (Wildman–Crippen MR) is 107 cm³/mol. The summed E-state index contributed by atoms with van der Waals surface area (Å²) in [6, 6.07) is 16.7. The molecule has 2 N–H and O–H groups in total. The molecule has 0 atom stereocenters. The van der Waals surface area contributed by atoms with Crippen molar-refractivity contribution in [1.29, 1.82) is 0 Å². The van der Waals surface area contributed by atoms with Crippen molar-refractivity contribution in [3.05, 3.63) is 54.6 Å². The van der Waals surface area contributed by atoms with E-state index in [-0.39, 0.29) is 11.4 Å². The molecule has 1 aliphatic rings. The first-order chi connectivity index (χ1) is 12.8. The molecule has 1 fully saturated rings. The second kappa shape index (κ2) is 7.61. The van der Waals surface area contributed by atoms with E-state index < -0.39 is 5.60 Å². The minimum Gasteiger partial charge on any atom is -0.457 e. The van der Waals surface area contributed by atoms with Gasteiger partial charge in [0.05, 0.1) is 5.60 Å². The Morgan fingerprint density at radius 2 is 1.67 bits per heavy atom. The number of nitrogens with one attached hydrogen (secondary N) is 1. The van der Waals surface area contributed by atoms with Gasteiger partial charge in [-0.15, -0.1) is 0 Å². The van der Waals surface area contributed by atoms with Crippen LogP contribution in [0.4, 0.5) is 10.5 Å². The first-order valence-corrected chi connectivity index (χ1v) is 9.38. The van der Waals surface area contributed by atoms with Crippen LogP contribution in [0, 0.1) is 5.41 Å². The molecule has 2 aromatic carbocycles. The van der Waals surface area contributed by atoms with Crippen LogP contribution in [0.1, 0.15) is 33.6 Å². The van der Waals surface area contributed by atoms with Crippen molar-refractivity contribution in [2.24, 2.45) is 5.41 Å². The highest BCUT2D eigenvalue weighted by Gasteiger charge is 2.43. The Hall–Kier alpha value is -2.53. The Labute approximate surface area is 161 Å². The maximum Gasteiger partial charge on any atom is 0.321 e. The van der Waals surface area contributed by atoms with Gasteiger partial charge in [-0.3, -0.25) is 0 Å². The summed E-state index contributed by atoms with van der Waals surface area (Å²) in [5.74, 6) is 1.42. The fraction of sp³-hybridized carbons (Fsp3) is 0.409. The monoisotopic (exact) mass is 368 g/mol. The second-order valence-electron chi connectivity index (χ2n) is 8.14. The van der Waals surface area contributed by atoms with Crippen LogP contribution in [0.3, 0.4) is 0 Å². The van der Waals surface area contributed by atoms with E-state index in [0.29, 0.717) is 37.4 Å². The fourth-order valence-electron chi connectivity index (χ4n) is 3.29. The molecule has 0 unspecified atom stereocenters. The molecular formula is C22H28N2O3. The maximum absolute atomic E-state index is 12.6. The highest BCUT2D eigenvalue weighted by Crippen LogP contribution is 2.38. The lowest BCUT2D eigenvalue weighted by molar-refractivity contribution is -0.0925. The molecule has 0 spiro atoms. The number of carbonyl (C=O) groups excluding carboxylic acids is 1. The van der Waals surface area contributed by atoms with Gasteiger partial charge in [0, 0.05) is 24.8 Å². The highest BCUT2D eigenvalue weighted by atomic mass is 16.5. The van der Waals surface area contributed by atoms with E-state index in [2.05, 4.69) is 5.32 Å². The number of aliphatic hydroxyl groups is 1. The Balaban J connectivity index is 1.60. The molecule has 0 aromatic heterocycles. The van der Waals surface area contributed by atoms with E-state index in [9.17, 15) is 9.90 Å². The number of ether oxygens (including phenoxy) is 1. The molecule has 144 valence electrons. The molecule has 0 bridgehead atoms. The lowest BCUT2D eigenvalue weighted by Crippen LogP contribution is -2.53. The van der Waals surface area contributed by atoms with Crippen LogP contribution in [0.5, 0.6) is 11.5 Å². The normalized spacial score (nSPS) is 16.7. The number of amides is 2. The fourth-order valence-corrected chi connectivity index (χ4v) is 3.29. The Morgan fingerprint density at radius 3 is 2.30 bits per heavy atom. The number of urea groups is 1. The zero-order valence-electron chi connectivity index (χ0n) is 16.2. The number of piperidine rings is 1. The van der Waals surface area contributed by atoms with Gasteiger partial charge in [0.25, 0.3) is 0 Å². The number of anilines is 1. The van der Waals surface area contributed by atoms with Crippen molar-refractivity contribution in [1.82, 2.24) is 4.90 Å². The molecule has 0 aliphatic carbocycles. The van der Waals surface area contributed by atoms with Crippen molar-refractivity contribution < 1.29 is 14.6 Å². The molecule has 2 aromatic rings. The third-order valence-corrected chi connectivity index (χ3v) is 5.34. The van der Waals surface area contributed by atoms with E-state index in [1.54, 1.807) is 11.0 Å². The zero-order valence-corrected chi connectivity index (χ0v) is 16.2. The predicted octanol–water partition coefficient (Wildman–Crippen LogP) is 4.88. The van der Waals surface area contributed by atoms with Crippen LogP contribution in [-0.4, -0.2) is 34.7 Å². The number of nitrogens with zero attached hydrogens (tertiary/aromatic N) is 1. The molecule has 5 heteroatoms. The van der Waals surface area contributed by atoms with Gasteiger partial charge in [-0.2, -0.15) is 0 Å². The third kappa shape index (κ3) is 4.61. The van der Waals surface area contributed by atoms with Gasteiger partial charge in [0.1, 0.15) is 11.5 Å². The van der Waals surface area contributed by atoms with Crippen molar-refractivity contribution in [2.75, 3.05) is 18.4 Å². The summed E-state index contributed by atoms with van der Waals surface area (Å²) in [4.78, 5) is 14.3. The summed E-state index contributed by atoms with van der Waals surface area (Å²) in [6.45, 7) is 7.21. The molecule has 2 amide bonds. The largest absolute Gasteiger partial charge is 0.457 e. The SMILES string of the molecule is CC(C)(C)C1(O)CCN(C(=O)Nc2cccc(Oc3ccccc3)c2)CC1. The minimum atomic E-state index is -0.729. The standard InChI is InChI=1S/C22H28N2O3/c1-21(2,3)22(26)12-14-24(15-13-22)20(25)23-17-8-7-11-19(16-17)27-18-9-5-4-6-10-18/h4-11,16,26H,12-15H2,1-3H3,(H,23,25). The van der Waals surface area contributed by atoms with E-state index in [1.165, 1.54) is 0 Å². The number of benzene rings is 2. The summed E-state index contributed by atoms with van der Waals surface area (Å²) in [5, 5.41) is 13.7. The molecular weight excluding hydrogens is 340 g/mol. The minimum absolute atomic E-state index is 0.150. The highest BCUT2D eigenvalue weighted by molar-refractivity contribution is 5.89. The summed E-state index contributed by atoms with van der Waals surface area (Å²) in [5.41, 5.74) is -0.239. The lowest BCUT2D eigenvalue weighted by atomic mass is 9.71. The van der Waals surface area contributed by atoms with Gasteiger partial charge in [0.15, 0.2) is 0 Å². The Bertz CT molecular complexity index is 776. The Morgan fingerprint density at radius 1 is 1.04 bits per heavy atom. The topological polar surface area (TPSA) is 61.8 Å². The number of hydrogen-bond acceptors (Lipinski definition) is 3. The van der Waals surface area contributed by atoms with Crippen LogP contribution in [-0.2, 0) is 0 Å². The first kappa shape index (κ1) is 19.2.